The van der Waals surface area contributed by atoms with Crippen LogP contribution in [0.5, 0.6) is 11.5 Å². The number of alkyl halides is 3. The summed E-state index contributed by atoms with van der Waals surface area (Å²) in [5.74, 6) is 1.24. The van der Waals surface area contributed by atoms with Crippen LogP contribution in [0.2, 0.25) is 0 Å². The van der Waals surface area contributed by atoms with E-state index in [0.29, 0.717) is 23.7 Å². The minimum Gasteiger partial charge on any atom is -0.457 e. The Bertz CT molecular complexity index is 1460. The van der Waals surface area contributed by atoms with Gasteiger partial charge >= 0.3 is 12.2 Å². The Balaban J connectivity index is 1.29. The average molecular weight is 619 g/mol. The van der Waals surface area contributed by atoms with Gasteiger partial charge in [0.05, 0.1) is 11.8 Å². The molecule has 0 bridgehead atoms. The number of amides is 2. The van der Waals surface area contributed by atoms with Crippen molar-refractivity contribution in [3.8, 4) is 11.5 Å². The van der Waals surface area contributed by atoms with Crippen molar-refractivity contribution in [3.63, 3.8) is 0 Å². The van der Waals surface area contributed by atoms with E-state index in [4.69, 9.17) is 4.74 Å². The summed E-state index contributed by atoms with van der Waals surface area (Å²) in [6.07, 6.45) is -0.133. The topological polar surface area (TPSA) is 91.0 Å². The second kappa shape index (κ2) is 14.1. The normalized spacial score (nSPS) is 14.7. The Morgan fingerprint density at radius 1 is 0.977 bits per heavy atom. The number of carbonyl (C=O) groups is 1. The second-order valence-electron chi connectivity index (χ2n) is 10.7. The fraction of sp³-hybridized carbons (Fsp3) is 0.387. The van der Waals surface area contributed by atoms with Gasteiger partial charge in [-0.05, 0) is 79.4 Å². The lowest BCUT2D eigenvalue weighted by molar-refractivity contribution is -0.137. The quantitative estimate of drug-likeness (QED) is 0.238. The zero-order valence-corrected chi connectivity index (χ0v) is 25.0. The first-order valence-electron chi connectivity index (χ1n) is 14.2. The Morgan fingerprint density at radius 3 is 2.19 bits per heavy atom. The third-order valence-electron chi connectivity index (χ3n) is 7.18. The fourth-order valence-corrected chi connectivity index (χ4v) is 5.56. The average Bonchev–Trinajstić information content (AvgIpc) is 2.95. The molecule has 0 saturated carbocycles. The van der Waals surface area contributed by atoms with E-state index in [0.717, 1.165) is 69.3 Å². The molecule has 3 aromatic rings. The number of piperidine rings is 1. The number of nitrogens with one attached hydrogen (secondary N) is 2. The van der Waals surface area contributed by atoms with E-state index < -0.39 is 21.8 Å². The van der Waals surface area contributed by atoms with Crippen LogP contribution < -0.4 is 14.8 Å². The maximum atomic E-state index is 13.2. The first-order chi connectivity index (χ1) is 20.4. The van der Waals surface area contributed by atoms with Gasteiger partial charge in [-0.3, -0.25) is 9.62 Å². The zero-order valence-electron chi connectivity index (χ0n) is 24.2. The number of hydrogen-bond donors (Lipinski definition) is 2. The maximum absolute atomic E-state index is 13.2. The summed E-state index contributed by atoms with van der Waals surface area (Å²) in [5, 5.41) is 2.68. The molecule has 8 nitrogen and oxygen atoms in total. The molecule has 1 fully saturated rings. The summed E-state index contributed by atoms with van der Waals surface area (Å²) in [6, 6.07) is 18.8. The van der Waals surface area contributed by atoms with E-state index in [2.05, 4.69) is 14.9 Å². The SMILES string of the molecule is CCCCN(C(=O)Nc1cccc(C(F)(F)F)c1)C1CCN(Cc2ccc(Oc3ccc(NS(C)(=O)=O)cc3)cc2)CC1. The van der Waals surface area contributed by atoms with Crippen molar-refractivity contribution in [1.29, 1.82) is 0 Å². The summed E-state index contributed by atoms with van der Waals surface area (Å²) >= 11 is 0. The molecule has 0 aromatic heterocycles. The molecule has 12 heteroatoms. The van der Waals surface area contributed by atoms with Gasteiger partial charge in [0.25, 0.3) is 0 Å². The lowest BCUT2D eigenvalue weighted by Crippen LogP contribution is -2.49. The molecular weight excluding hydrogens is 581 g/mol. The summed E-state index contributed by atoms with van der Waals surface area (Å²) in [5.41, 5.74) is 0.908. The van der Waals surface area contributed by atoms with Crippen LogP contribution in [0.1, 0.15) is 43.7 Å². The third-order valence-corrected chi connectivity index (χ3v) is 7.78. The van der Waals surface area contributed by atoms with Crippen molar-refractivity contribution in [2.45, 2.75) is 51.4 Å². The molecule has 1 aliphatic heterocycles. The molecule has 0 radical (unpaired) electrons. The number of nitrogens with zero attached hydrogens (tertiary/aromatic N) is 2. The monoisotopic (exact) mass is 618 g/mol. The smallest absolute Gasteiger partial charge is 0.416 e. The van der Waals surface area contributed by atoms with Gasteiger partial charge in [0.15, 0.2) is 0 Å². The number of rotatable bonds is 11. The number of halogens is 3. The number of carbonyl (C=O) groups excluding carboxylic acids is 1. The first kappa shape index (κ1) is 32.2. The van der Waals surface area contributed by atoms with Crippen molar-refractivity contribution < 1.29 is 31.1 Å². The molecule has 43 heavy (non-hydrogen) atoms. The van der Waals surface area contributed by atoms with Gasteiger partial charge in [-0.25, -0.2) is 13.2 Å². The zero-order chi connectivity index (χ0) is 31.0. The number of hydrogen-bond acceptors (Lipinski definition) is 5. The van der Waals surface area contributed by atoms with Crippen LogP contribution in [0.4, 0.5) is 29.3 Å². The van der Waals surface area contributed by atoms with Gasteiger partial charge in [-0.1, -0.05) is 31.5 Å². The first-order valence-corrected chi connectivity index (χ1v) is 16.1. The van der Waals surface area contributed by atoms with Crippen molar-refractivity contribution in [1.82, 2.24) is 9.80 Å². The van der Waals surface area contributed by atoms with E-state index in [1.54, 1.807) is 29.2 Å². The van der Waals surface area contributed by atoms with Crippen molar-refractivity contribution >= 4 is 27.4 Å². The highest BCUT2D eigenvalue weighted by atomic mass is 32.2. The fourth-order valence-electron chi connectivity index (χ4n) is 5.00. The number of urea groups is 1. The number of ether oxygens (including phenoxy) is 1. The van der Waals surface area contributed by atoms with Crippen molar-refractivity contribution in [3.05, 3.63) is 83.9 Å². The highest BCUT2D eigenvalue weighted by Crippen LogP contribution is 2.31. The van der Waals surface area contributed by atoms with Gasteiger partial charge in [-0.2, -0.15) is 13.2 Å². The third kappa shape index (κ3) is 9.89. The lowest BCUT2D eigenvalue weighted by Gasteiger charge is -2.38. The number of anilines is 2. The van der Waals surface area contributed by atoms with E-state index in [1.807, 2.05) is 31.2 Å². The van der Waals surface area contributed by atoms with E-state index in [1.165, 1.54) is 12.1 Å². The van der Waals surface area contributed by atoms with Gasteiger partial charge in [0, 0.05) is 43.6 Å². The Morgan fingerprint density at radius 2 is 1.60 bits per heavy atom. The van der Waals surface area contributed by atoms with E-state index in [9.17, 15) is 26.4 Å². The number of sulfonamides is 1. The van der Waals surface area contributed by atoms with Gasteiger partial charge < -0.3 is 15.0 Å². The largest absolute Gasteiger partial charge is 0.457 e. The molecule has 0 unspecified atom stereocenters. The molecular formula is C31H37F3N4O4S. The minimum atomic E-state index is -4.48. The molecule has 1 aliphatic rings. The van der Waals surface area contributed by atoms with Crippen LogP contribution in [-0.4, -0.2) is 56.2 Å². The molecule has 232 valence electrons. The molecule has 1 heterocycles. The Kier molecular flexibility index (Phi) is 10.6. The molecule has 3 aromatic carbocycles. The highest BCUT2D eigenvalue weighted by molar-refractivity contribution is 7.92. The van der Waals surface area contributed by atoms with Crippen LogP contribution in [-0.2, 0) is 22.7 Å². The predicted molar refractivity (Wildman–Crippen MR) is 162 cm³/mol. The van der Waals surface area contributed by atoms with E-state index in [-0.39, 0.29) is 17.8 Å². The Labute approximate surface area is 250 Å². The molecule has 4 rings (SSSR count). The van der Waals surface area contributed by atoms with Crippen molar-refractivity contribution in [2.75, 3.05) is 35.9 Å². The number of benzene rings is 3. The van der Waals surface area contributed by atoms with Crippen LogP contribution in [0.3, 0.4) is 0 Å². The summed E-state index contributed by atoms with van der Waals surface area (Å²) in [6.45, 7) is 4.90. The standard InChI is InChI=1S/C31H37F3N4O4S/c1-3-4-18-38(30(39)35-26-7-5-6-24(21-26)31(32,33)34)27-16-19-37(20-17-27)22-23-8-12-28(13-9-23)42-29-14-10-25(11-15-29)36-43(2,40)41/h5-15,21,27,36H,3-4,16-20,22H2,1-2H3,(H,35,39). The van der Waals surface area contributed by atoms with Crippen LogP contribution >= 0.6 is 0 Å². The molecule has 1 saturated heterocycles. The van der Waals surface area contributed by atoms with Crippen LogP contribution in [0.15, 0.2) is 72.8 Å². The van der Waals surface area contributed by atoms with Crippen LogP contribution in [0, 0.1) is 0 Å². The maximum Gasteiger partial charge on any atom is 0.416 e. The number of likely N-dealkylation sites (tertiary alicyclic amines) is 1. The van der Waals surface area contributed by atoms with E-state index >= 15 is 0 Å². The lowest BCUT2D eigenvalue weighted by atomic mass is 10.0. The van der Waals surface area contributed by atoms with Crippen LogP contribution in [0.25, 0.3) is 0 Å². The molecule has 0 atom stereocenters. The minimum absolute atomic E-state index is 0.00315. The molecule has 0 spiro atoms. The molecule has 0 aliphatic carbocycles. The summed E-state index contributed by atoms with van der Waals surface area (Å²) < 4.78 is 70.4. The molecule has 2 N–H and O–H groups in total. The van der Waals surface area contributed by atoms with Gasteiger partial charge in [0.1, 0.15) is 11.5 Å². The second-order valence-corrected chi connectivity index (χ2v) is 12.5. The van der Waals surface area contributed by atoms with Gasteiger partial charge in [0.2, 0.25) is 10.0 Å². The number of unbranched alkanes of at least 4 members (excludes halogenated alkanes) is 1. The van der Waals surface area contributed by atoms with Crippen molar-refractivity contribution in [2.24, 2.45) is 0 Å². The highest BCUT2D eigenvalue weighted by Gasteiger charge is 2.31. The van der Waals surface area contributed by atoms with Gasteiger partial charge in [-0.15, -0.1) is 0 Å². The predicted octanol–water partition coefficient (Wildman–Crippen LogP) is 7.17. The Hall–Kier alpha value is -3.77. The summed E-state index contributed by atoms with van der Waals surface area (Å²) in [7, 11) is -3.34. The summed E-state index contributed by atoms with van der Waals surface area (Å²) in [4.78, 5) is 17.3. The molecule has 2 amide bonds.